The summed E-state index contributed by atoms with van der Waals surface area (Å²) in [5, 5.41) is 2.84. The van der Waals surface area contributed by atoms with Gasteiger partial charge in [-0.2, -0.15) is 0 Å². The first-order valence-corrected chi connectivity index (χ1v) is 7.50. The van der Waals surface area contributed by atoms with Crippen LogP contribution in [0.25, 0.3) is 0 Å². The van der Waals surface area contributed by atoms with E-state index in [0.29, 0.717) is 17.9 Å². The first-order valence-electron chi connectivity index (χ1n) is 7.50. The molecule has 4 nitrogen and oxygen atoms in total. The van der Waals surface area contributed by atoms with Crippen LogP contribution in [0.1, 0.15) is 25.3 Å². The van der Waals surface area contributed by atoms with Gasteiger partial charge in [0, 0.05) is 0 Å². The van der Waals surface area contributed by atoms with Crippen LogP contribution < -0.4 is 15.8 Å². The van der Waals surface area contributed by atoms with E-state index >= 15 is 0 Å². The summed E-state index contributed by atoms with van der Waals surface area (Å²) < 4.78 is 5.85. The Labute approximate surface area is 131 Å². The lowest BCUT2D eigenvalue weighted by Gasteiger charge is -2.15. The molecule has 0 heterocycles. The summed E-state index contributed by atoms with van der Waals surface area (Å²) in [6.45, 7) is 4.02. The van der Waals surface area contributed by atoms with Gasteiger partial charge in [-0.05, 0) is 37.6 Å². The normalized spacial score (nSPS) is 11.8. The predicted molar refractivity (Wildman–Crippen MR) is 89.2 cm³/mol. The molecule has 2 rings (SSSR count). The van der Waals surface area contributed by atoms with E-state index in [1.165, 1.54) is 5.56 Å². The lowest BCUT2D eigenvalue weighted by Crippen LogP contribution is -2.35. The summed E-state index contributed by atoms with van der Waals surface area (Å²) in [5.74, 6) is 1.13. The Morgan fingerprint density at radius 2 is 1.86 bits per heavy atom. The van der Waals surface area contributed by atoms with Crippen LogP contribution in [0.15, 0.2) is 48.5 Å². The van der Waals surface area contributed by atoms with Gasteiger partial charge in [0.15, 0.2) is 5.75 Å². The van der Waals surface area contributed by atoms with Crippen molar-refractivity contribution >= 4 is 11.6 Å². The Hall–Kier alpha value is -2.33. The van der Waals surface area contributed by atoms with Gasteiger partial charge in [-0.1, -0.05) is 43.2 Å². The lowest BCUT2D eigenvalue weighted by atomic mass is 10.1. The minimum absolute atomic E-state index is 0.193. The SMILES string of the molecule is CCCC(N)C(=O)Nc1ccccc1Oc1ccc(C)cc1. The summed E-state index contributed by atoms with van der Waals surface area (Å²) in [6.07, 6.45) is 1.53. The van der Waals surface area contributed by atoms with Crippen molar-refractivity contribution in [2.45, 2.75) is 32.7 Å². The number of aryl methyl sites for hydroxylation is 1. The van der Waals surface area contributed by atoms with Crippen molar-refractivity contribution in [1.29, 1.82) is 0 Å². The van der Waals surface area contributed by atoms with Crippen LogP contribution in [0, 0.1) is 6.92 Å². The topological polar surface area (TPSA) is 64.4 Å². The molecule has 116 valence electrons. The minimum Gasteiger partial charge on any atom is -0.455 e. The molecule has 0 aromatic heterocycles. The molecule has 0 saturated carbocycles. The molecule has 3 N–H and O–H groups in total. The molecule has 0 bridgehead atoms. The second-order valence-electron chi connectivity index (χ2n) is 5.30. The van der Waals surface area contributed by atoms with Crippen molar-refractivity contribution in [2.75, 3.05) is 5.32 Å². The molecule has 1 unspecified atom stereocenters. The molecule has 22 heavy (non-hydrogen) atoms. The van der Waals surface area contributed by atoms with Crippen molar-refractivity contribution in [3.05, 3.63) is 54.1 Å². The van der Waals surface area contributed by atoms with E-state index in [2.05, 4.69) is 5.32 Å². The molecule has 1 atom stereocenters. The van der Waals surface area contributed by atoms with Gasteiger partial charge in [0.2, 0.25) is 5.91 Å². The van der Waals surface area contributed by atoms with Gasteiger partial charge in [0.25, 0.3) is 0 Å². The number of hydrogen-bond acceptors (Lipinski definition) is 3. The Morgan fingerprint density at radius 3 is 2.55 bits per heavy atom. The molecule has 0 radical (unpaired) electrons. The maximum atomic E-state index is 12.1. The Balaban J connectivity index is 2.12. The largest absolute Gasteiger partial charge is 0.455 e. The maximum absolute atomic E-state index is 12.1. The van der Waals surface area contributed by atoms with E-state index in [-0.39, 0.29) is 5.91 Å². The Kier molecular flexibility index (Phi) is 5.55. The number of carbonyl (C=O) groups excluding carboxylic acids is 1. The van der Waals surface area contributed by atoms with Crippen molar-refractivity contribution in [1.82, 2.24) is 0 Å². The summed E-state index contributed by atoms with van der Waals surface area (Å²) in [4.78, 5) is 12.1. The highest BCUT2D eigenvalue weighted by Gasteiger charge is 2.14. The van der Waals surface area contributed by atoms with Crippen molar-refractivity contribution in [3.8, 4) is 11.5 Å². The number of para-hydroxylation sites is 2. The number of benzene rings is 2. The summed E-state index contributed by atoms with van der Waals surface area (Å²) in [6, 6.07) is 14.6. The molecular weight excluding hydrogens is 276 g/mol. The number of carbonyl (C=O) groups is 1. The first kappa shape index (κ1) is 16.0. The molecule has 1 amide bonds. The second kappa shape index (κ2) is 7.61. The van der Waals surface area contributed by atoms with E-state index in [4.69, 9.17) is 10.5 Å². The quantitative estimate of drug-likeness (QED) is 0.851. The third-order valence-electron chi connectivity index (χ3n) is 3.33. The zero-order valence-electron chi connectivity index (χ0n) is 13.0. The number of hydrogen-bond donors (Lipinski definition) is 2. The average Bonchev–Trinajstić information content (AvgIpc) is 2.51. The lowest BCUT2D eigenvalue weighted by molar-refractivity contribution is -0.117. The third-order valence-corrected chi connectivity index (χ3v) is 3.33. The van der Waals surface area contributed by atoms with Gasteiger partial charge < -0.3 is 15.8 Å². The average molecular weight is 298 g/mol. The van der Waals surface area contributed by atoms with Crippen LogP contribution in [0.3, 0.4) is 0 Å². The van der Waals surface area contributed by atoms with Gasteiger partial charge in [-0.15, -0.1) is 0 Å². The number of nitrogens with two attached hydrogens (primary N) is 1. The zero-order valence-corrected chi connectivity index (χ0v) is 13.0. The highest BCUT2D eigenvalue weighted by atomic mass is 16.5. The fraction of sp³-hybridized carbons (Fsp3) is 0.278. The van der Waals surface area contributed by atoms with Gasteiger partial charge >= 0.3 is 0 Å². The maximum Gasteiger partial charge on any atom is 0.241 e. The molecule has 2 aromatic rings. The van der Waals surface area contributed by atoms with Crippen molar-refractivity contribution < 1.29 is 9.53 Å². The van der Waals surface area contributed by atoms with Crippen LogP contribution in [-0.4, -0.2) is 11.9 Å². The Morgan fingerprint density at radius 1 is 1.18 bits per heavy atom. The first-order chi connectivity index (χ1) is 10.6. The molecule has 0 aliphatic rings. The van der Waals surface area contributed by atoms with Crippen LogP contribution in [0.4, 0.5) is 5.69 Å². The second-order valence-corrected chi connectivity index (χ2v) is 5.30. The third kappa shape index (κ3) is 4.33. The molecule has 2 aromatic carbocycles. The van der Waals surface area contributed by atoms with Gasteiger partial charge in [0.05, 0.1) is 11.7 Å². The number of rotatable bonds is 6. The molecule has 4 heteroatoms. The zero-order chi connectivity index (χ0) is 15.9. The van der Waals surface area contributed by atoms with Gasteiger partial charge in [0.1, 0.15) is 5.75 Å². The molecular formula is C18H22N2O2. The fourth-order valence-electron chi connectivity index (χ4n) is 2.06. The number of amides is 1. The Bertz CT molecular complexity index is 623. The van der Waals surface area contributed by atoms with Gasteiger partial charge in [-0.25, -0.2) is 0 Å². The summed E-state index contributed by atoms with van der Waals surface area (Å²) in [5.41, 5.74) is 7.63. The van der Waals surface area contributed by atoms with E-state index in [0.717, 1.165) is 12.2 Å². The van der Waals surface area contributed by atoms with E-state index in [1.54, 1.807) is 6.07 Å². The summed E-state index contributed by atoms with van der Waals surface area (Å²) in [7, 11) is 0. The van der Waals surface area contributed by atoms with E-state index < -0.39 is 6.04 Å². The van der Waals surface area contributed by atoms with Crippen molar-refractivity contribution in [2.24, 2.45) is 5.73 Å². The predicted octanol–water partition coefficient (Wildman–Crippen LogP) is 3.85. The molecule has 0 fully saturated rings. The van der Waals surface area contributed by atoms with E-state index in [1.807, 2.05) is 56.3 Å². The minimum atomic E-state index is -0.502. The summed E-state index contributed by atoms with van der Waals surface area (Å²) >= 11 is 0. The standard InChI is InChI=1S/C18H22N2O2/c1-3-6-15(19)18(21)20-16-7-4-5-8-17(16)22-14-11-9-13(2)10-12-14/h4-5,7-12,15H,3,6,19H2,1-2H3,(H,20,21). The fourth-order valence-corrected chi connectivity index (χ4v) is 2.06. The highest BCUT2D eigenvalue weighted by Crippen LogP contribution is 2.29. The van der Waals surface area contributed by atoms with Crippen molar-refractivity contribution in [3.63, 3.8) is 0 Å². The highest BCUT2D eigenvalue weighted by molar-refractivity contribution is 5.95. The smallest absolute Gasteiger partial charge is 0.241 e. The molecule has 0 aliphatic heterocycles. The van der Waals surface area contributed by atoms with Crippen LogP contribution in [0.5, 0.6) is 11.5 Å². The monoisotopic (exact) mass is 298 g/mol. The number of ether oxygens (including phenoxy) is 1. The molecule has 0 spiro atoms. The van der Waals surface area contributed by atoms with E-state index in [9.17, 15) is 4.79 Å². The number of anilines is 1. The van der Waals surface area contributed by atoms with Crippen LogP contribution in [-0.2, 0) is 4.79 Å². The number of nitrogens with one attached hydrogen (secondary N) is 1. The molecule has 0 aliphatic carbocycles. The van der Waals surface area contributed by atoms with Gasteiger partial charge in [-0.3, -0.25) is 4.79 Å². The van der Waals surface area contributed by atoms with Crippen LogP contribution >= 0.6 is 0 Å². The van der Waals surface area contributed by atoms with Crippen LogP contribution in [0.2, 0.25) is 0 Å². The molecule has 0 saturated heterocycles.